The fourth-order valence-corrected chi connectivity index (χ4v) is 4.98. The Morgan fingerprint density at radius 3 is 2.46 bits per heavy atom. The third-order valence-electron chi connectivity index (χ3n) is 5.13. The number of carbonyl (C=O) groups excluding carboxylic acids is 2. The summed E-state index contributed by atoms with van der Waals surface area (Å²) in [5.41, 5.74) is 3.01. The van der Waals surface area contributed by atoms with E-state index in [2.05, 4.69) is 23.6 Å². The van der Waals surface area contributed by atoms with E-state index in [-0.39, 0.29) is 16.5 Å². The third kappa shape index (κ3) is 2.30. The highest BCUT2D eigenvalue weighted by Crippen LogP contribution is 2.38. The number of nitrogens with zero attached hydrogens (tertiary/aromatic N) is 2. The van der Waals surface area contributed by atoms with Crippen molar-refractivity contribution in [3.63, 3.8) is 0 Å². The normalized spacial score (nSPS) is 14.9. The molecule has 4 nitrogen and oxygen atoms in total. The van der Waals surface area contributed by atoms with Gasteiger partial charge in [0.05, 0.1) is 11.3 Å². The number of hydrogen-bond donors (Lipinski definition) is 0. The van der Waals surface area contributed by atoms with E-state index in [1.54, 1.807) is 6.07 Å². The smallest absolute Gasteiger partial charge is 0.277 e. The lowest BCUT2D eigenvalue weighted by atomic mass is 10.1. The molecule has 1 aliphatic heterocycles. The molecule has 2 aromatic heterocycles. The van der Waals surface area contributed by atoms with Crippen molar-refractivity contribution >= 4 is 67.8 Å². The zero-order valence-electron chi connectivity index (χ0n) is 15.0. The van der Waals surface area contributed by atoms with Crippen LogP contribution in [0.1, 0.15) is 11.8 Å². The van der Waals surface area contributed by atoms with Crippen LogP contribution in [0.4, 0.5) is 5.69 Å². The highest BCUT2D eigenvalue weighted by molar-refractivity contribution is 7.11. The first-order valence-corrected chi connectivity index (χ1v) is 10.2. The Morgan fingerprint density at radius 1 is 0.929 bits per heavy atom. The van der Waals surface area contributed by atoms with Gasteiger partial charge in [-0.1, -0.05) is 35.9 Å². The second-order valence-corrected chi connectivity index (χ2v) is 7.90. The molecule has 0 bridgehead atoms. The molecule has 2 amide bonds. The number of hydrogen-bond acceptors (Lipinski definition) is 3. The summed E-state index contributed by atoms with van der Waals surface area (Å²) in [5, 5.41) is 3.94. The Hall–Kier alpha value is -2.89. The molecule has 6 heteroatoms. The Balaban J connectivity index is 1.68. The van der Waals surface area contributed by atoms with Crippen molar-refractivity contribution in [2.75, 3.05) is 4.90 Å². The van der Waals surface area contributed by atoms with E-state index in [4.69, 9.17) is 11.6 Å². The average Bonchev–Trinajstić information content (AvgIpc) is 3.38. The first kappa shape index (κ1) is 17.2. The zero-order chi connectivity index (χ0) is 19.4. The second-order valence-electron chi connectivity index (χ2n) is 6.57. The average molecular weight is 407 g/mol. The molecule has 28 heavy (non-hydrogen) atoms. The summed E-state index contributed by atoms with van der Waals surface area (Å²) in [6.07, 6.45) is 0. The summed E-state index contributed by atoms with van der Waals surface area (Å²) in [6, 6.07) is 17.5. The summed E-state index contributed by atoms with van der Waals surface area (Å²) in [5.74, 6) is -0.857. The molecule has 0 unspecified atom stereocenters. The number of anilines is 1. The second kappa shape index (κ2) is 6.33. The van der Waals surface area contributed by atoms with Crippen molar-refractivity contribution in [3.05, 3.63) is 69.9 Å². The van der Waals surface area contributed by atoms with Gasteiger partial charge in [0.15, 0.2) is 0 Å². The standard InChI is InChI=1S/C22H15ClN2O2S/c1-2-24-16-7-4-3-6-14(16)15-12-13(9-10-17(15)24)25-21(26)19(20(23)22(25)27)18-8-5-11-28-18/h3-12H,2H2,1H3. The van der Waals surface area contributed by atoms with Crippen LogP contribution in [0.5, 0.6) is 0 Å². The number of thiophene rings is 1. The van der Waals surface area contributed by atoms with Gasteiger partial charge in [-0.15, -0.1) is 11.3 Å². The Kier molecular flexibility index (Phi) is 3.89. The SMILES string of the molecule is CCn1c2ccccc2c2cc(N3C(=O)C(Cl)=C(c4cccs4)C3=O)ccc21. The highest BCUT2D eigenvalue weighted by Gasteiger charge is 2.39. The van der Waals surface area contributed by atoms with Gasteiger partial charge in [-0.25, -0.2) is 4.90 Å². The van der Waals surface area contributed by atoms with Gasteiger partial charge in [0, 0.05) is 33.2 Å². The number of imide groups is 1. The first-order chi connectivity index (χ1) is 13.6. The lowest BCUT2D eigenvalue weighted by Gasteiger charge is -2.15. The summed E-state index contributed by atoms with van der Waals surface area (Å²) in [7, 11) is 0. The topological polar surface area (TPSA) is 42.3 Å². The molecule has 3 heterocycles. The molecular formula is C22H15ClN2O2S. The molecule has 0 aliphatic carbocycles. The number of carbonyl (C=O) groups is 2. The molecule has 0 saturated carbocycles. The van der Waals surface area contributed by atoms with Crippen molar-refractivity contribution in [1.29, 1.82) is 0 Å². The number of halogens is 1. The molecule has 1 aliphatic rings. The third-order valence-corrected chi connectivity index (χ3v) is 6.36. The van der Waals surface area contributed by atoms with E-state index in [1.165, 1.54) is 16.2 Å². The summed E-state index contributed by atoms with van der Waals surface area (Å²) < 4.78 is 2.23. The Labute approximate surface area is 170 Å². The molecule has 0 spiro atoms. The fourth-order valence-electron chi connectivity index (χ4n) is 3.89. The van der Waals surface area contributed by atoms with Crippen LogP contribution in [0.2, 0.25) is 0 Å². The van der Waals surface area contributed by atoms with Gasteiger partial charge in [-0.2, -0.15) is 0 Å². The van der Waals surface area contributed by atoms with Crippen molar-refractivity contribution in [2.24, 2.45) is 0 Å². The van der Waals surface area contributed by atoms with E-state index in [0.717, 1.165) is 28.4 Å². The lowest BCUT2D eigenvalue weighted by molar-refractivity contribution is -0.119. The number of benzene rings is 2. The van der Waals surface area contributed by atoms with Gasteiger partial charge in [0.2, 0.25) is 0 Å². The van der Waals surface area contributed by atoms with Crippen LogP contribution >= 0.6 is 22.9 Å². The molecule has 2 aromatic carbocycles. The van der Waals surface area contributed by atoms with E-state index >= 15 is 0 Å². The minimum Gasteiger partial charge on any atom is -0.341 e. The molecule has 138 valence electrons. The van der Waals surface area contributed by atoms with E-state index in [9.17, 15) is 9.59 Å². The van der Waals surface area contributed by atoms with Gasteiger partial charge >= 0.3 is 0 Å². The van der Waals surface area contributed by atoms with Crippen LogP contribution in [0.3, 0.4) is 0 Å². The lowest BCUT2D eigenvalue weighted by Crippen LogP contribution is -2.31. The maximum atomic E-state index is 13.1. The van der Waals surface area contributed by atoms with Crippen molar-refractivity contribution in [1.82, 2.24) is 4.57 Å². The summed E-state index contributed by atoms with van der Waals surface area (Å²) >= 11 is 7.66. The predicted octanol–water partition coefficient (Wildman–Crippen LogP) is 5.40. The monoisotopic (exact) mass is 406 g/mol. The minimum absolute atomic E-state index is 0.0245. The van der Waals surface area contributed by atoms with Crippen LogP contribution in [-0.2, 0) is 16.1 Å². The van der Waals surface area contributed by atoms with Crippen LogP contribution in [-0.4, -0.2) is 16.4 Å². The quantitative estimate of drug-likeness (QED) is 0.427. The van der Waals surface area contributed by atoms with Crippen molar-refractivity contribution in [3.8, 4) is 0 Å². The largest absolute Gasteiger partial charge is 0.341 e. The van der Waals surface area contributed by atoms with Crippen LogP contribution in [0, 0.1) is 0 Å². The van der Waals surface area contributed by atoms with Gasteiger partial charge in [-0.05, 0) is 42.6 Å². The summed E-state index contributed by atoms with van der Waals surface area (Å²) in [6.45, 7) is 2.94. The van der Waals surface area contributed by atoms with Gasteiger partial charge in [-0.3, -0.25) is 9.59 Å². The van der Waals surface area contributed by atoms with Crippen molar-refractivity contribution < 1.29 is 9.59 Å². The zero-order valence-corrected chi connectivity index (χ0v) is 16.6. The van der Waals surface area contributed by atoms with Gasteiger partial charge in [0.25, 0.3) is 11.8 Å². The number of rotatable bonds is 3. The van der Waals surface area contributed by atoms with Gasteiger partial charge in [0.1, 0.15) is 5.03 Å². The Morgan fingerprint density at radius 2 is 1.71 bits per heavy atom. The van der Waals surface area contributed by atoms with Crippen molar-refractivity contribution in [2.45, 2.75) is 13.5 Å². The molecule has 0 fully saturated rings. The minimum atomic E-state index is -0.478. The number of aromatic nitrogens is 1. The van der Waals surface area contributed by atoms with E-state index < -0.39 is 5.91 Å². The first-order valence-electron chi connectivity index (χ1n) is 8.95. The molecular weight excluding hydrogens is 392 g/mol. The summed E-state index contributed by atoms with van der Waals surface area (Å²) in [4.78, 5) is 27.7. The molecule has 4 aromatic rings. The maximum absolute atomic E-state index is 13.1. The van der Waals surface area contributed by atoms with E-state index in [1.807, 2.05) is 41.8 Å². The molecule has 0 saturated heterocycles. The van der Waals surface area contributed by atoms with Crippen LogP contribution in [0.15, 0.2) is 65.0 Å². The predicted molar refractivity (Wildman–Crippen MR) is 115 cm³/mol. The van der Waals surface area contributed by atoms with Crippen LogP contribution < -0.4 is 4.90 Å². The number of aryl methyl sites for hydroxylation is 1. The number of amides is 2. The fraction of sp³-hybridized carbons (Fsp3) is 0.0909. The molecule has 0 N–H and O–H groups in total. The van der Waals surface area contributed by atoms with E-state index in [0.29, 0.717) is 10.6 Å². The van der Waals surface area contributed by atoms with Crippen LogP contribution in [0.25, 0.3) is 27.4 Å². The van der Waals surface area contributed by atoms with Gasteiger partial charge < -0.3 is 4.57 Å². The Bertz CT molecular complexity index is 1300. The molecule has 5 rings (SSSR count). The highest BCUT2D eigenvalue weighted by atomic mass is 35.5. The molecule has 0 atom stereocenters. The number of fused-ring (bicyclic) bond motifs is 3. The molecule has 0 radical (unpaired) electrons. The number of para-hydroxylation sites is 1. The maximum Gasteiger partial charge on any atom is 0.277 e.